The molecule has 2 fully saturated rings. The number of likely N-dealkylation sites (tertiary alicyclic amines) is 1. The summed E-state index contributed by atoms with van der Waals surface area (Å²) in [7, 11) is 0. The van der Waals surface area contributed by atoms with Gasteiger partial charge in [0.2, 0.25) is 5.91 Å². The fourth-order valence-corrected chi connectivity index (χ4v) is 4.33. The third-order valence-electron chi connectivity index (χ3n) is 5.47. The van der Waals surface area contributed by atoms with Crippen LogP contribution in [0.1, 0.15) is 44.6 Å². The number of benzene rings is 1. The molecule has 0 spiro atoms. The third kappa shape index (κ3) is 6.54. The van der Waals surface area contributed by atoms with E-state index in [0.717, 1.165) is 44.9 Å². The van der Waals surface area contributed by atoms with Crippen LogP contribution in [-0.2, 0) is 11.3 Å². The summed E-state index contributed by atoms with van der Waals surface area (Å²) >= 11 is 1.75. The van der Waals surface area contributed by atoms with E-state index in [4.69, 9.17) is 4.99 Å². The number of hydrogen-bond acceptors (Lipinski definition) is 3. The predicted octanol–water partition coefficient (Wildman–Crippen LogP) is 3.87. The summed E-state index contributed by atoms with van der Waals surface area (Å²) in [6.45, 7) is 5.22. The van der Waals surface area contributed by atoms with E-state index in [1.165, 1.54) is 23.3 Å². The molecule has 1 aliphatic heterocycles. The number of guanidine groups is 1. The van der Waals surface area contributed by atoms with Gasteiger partial charge in [-0.3, -0.25) is 4.79 Å². The number of carbonyl (C=O) groups excluding carboxylic acids is 1. The molecule has 7 heteroatoms. The van der Waals surface area contributed by atoms with Crippen molar-refractivity contribution in [3.8, 4) is 0 Å². The molecule has 156 valence electrons. The summed E-state index contributed by atoms with van der Waals surface area (Å²) in [6.07, 6.45) is 7.65. The molecular formula is C21H33IN4OS. The number of halogens is 1. The van der Waals surface area contributed by atoms with Crippen molar-refractivity contribution in [2.45, 2.75) is 56.5 Å². The molecule has 1 aromatic carbocycles. The molecule has 1 saturated heterocycles. The molecule has 2 N–H and O–H groups in total. The van der Waals surface area contributed by atoms with Gasteiger partial charge < -0.3 is 15.5 Å². The monoisotopic (exact) mass is 516 g/mol. The maximum Gasteiger partial charge on any atom is 0.225 e. The molecule has 1 saturated carbocycles. The lowest BCUT2D eigenvalue weighted by Gasteiger charge is -2.21. The van der Waals surface area contributed by atoms with Gasteiger partial charge in [-0.1, -0.05) is 25.0 Å². The van der Waals surface area contributed by atoms with Gasteiger partial charge in [0.25, 0.3) is 0 Å². The number of carbonyl (C=O) groups is 1. The number of nitrogens with zero attached hydrogens (tertiary/aromatic N) is 2. The van der Waals surface area contributed by atoms with Gasteiger partial charge in [0.1, 0.15) is 0 Å². The summed E-state index contributed by atoms with van der Waals surface area (Å²) < 4.78 is 0. The molecule has 1 heterocycles. The maximum absolute atomic E-state index is 12.6. The van der Waals surface area contributed by atoms with Crippen LogP contribution in [-0.4, -0.2) is 48.7 Å². The van der Waals surface area contributed by atoms with E-state index in [2.05, 4.69) is 53.0 Å². The lowest BCUT2D eigenvalue weighted by atomic mass is 10.1. The Kier molecular flexibility index (Phi) is 9.91. The first-order valence-electron chi connectivity index (χ1n) is 10.2. The van der Waals surface area contributed by atoms with E-state index in [9.17, 15) is 4.79 Å². The zero-order valence-corrected chi connectivity index (χ0v) is 20.1. The molecule has 2 aliphatic rings. The van der Waals surface area contributed by atoms with Crippen molar-refractivity contribution in [3.63, 3.8) is 0 Å². The molecule has 1 atom stereocenters. The van der Waals surface area contributed by atoms with Crippen LogP contribution in [0.4, 0.5) is 0 Å². The van der Waals surface area contributed by atoms with E-state index in [1.54, 1.807) is 11.8 Å². The molecule has 5 nitrogen and oxygen atoms in total. The van der Waals surface area contributed by atoms with Gasteiger partial charge in [0, 0.05) is 36.5 Å². The molecular weight excluding hydrogens is 483 g/mol. The summed E-state index contributed by atoms with van der Waals surface area (Å²) in [4.78, 5) is 20.7. The quantitative estimate of drug-likeness (QED) is 0.261. The molecule has 1 amide bonds. The van der Waals surface area contributed by atoms with Gasteiger partial charge >= 0.3 is 0 Å². The normalized spacial score (nSPS) is 20.1. The number of nitrogens with one attached hydrogen (secondary N) is 2. The lowest BCUT2D eigenvalue weighted by molar-refractivity contribution is -0.134. The van der Waals surface area contributed by atoms with Gasteiger partial charge in [-0.05, 0) is 50.1 Å². The molecule has 28 heavy (non-hydrogen) atoms. The van der Waals surface area contributed by atoms with Crippen molar-refractivity contribution in [1.29, 1.82) is 0 Å². The molecule has 0 radical (unpaired) electrons. The smallest absolute Gasteiger partial charge is 0.225 e. The van der Waals surface area contributed by atoms with E-state index >= 15 is 0 Å². The molecule has 0 bridgehead atoms. The Balaban J connectivity index is 0.00000280. The molecule has 1 aromatic rings. The zero-order valence-electron chi connectivity index (χ0n) is 16.9. The first-order chi connectivity index (χ1) is 13.2. The SMILES string of the molecule is CCNC(=NCc1ccc(SC)cc1)NC1CCN(C(=O)C2CCCC2)C1.I. The second kappa shape index (κ2) is 11.9. The van der Waals surface area contributed by atoms with Crippen LogP contribution < -0.4 is 10.6 Å². The van der Waals surface area contributed by atoms with Crippen molar-refractivity contribution >= 4 is 47.6 Å². The minimum Gasteiger partial charge on any atom is -0.357 e. The van der Waals surface area contributed by atoms with Crippen LogP contribution in [0, 0.1) is 5.92 Å². The Morgan fingerprint density at radius 3 is 2.57 bits per heavy atom. The highest BCUT2D eigenvalue weighted by molar-refractivity contribution is 14.0. The number of hydrogen-bond donors (Lipinski definition) is 2. The Bertz CT molecular complexity index is 646. The van der Waals surface area contributed by atoms with Gasteiger partial charge in [-0.15, -0.1) is 35.7 Å². The minimum atomic E-state index is 0. The summed E-state index contributed by atoms with van der Waals surface area (Å²) in [6, 6.07) is 8.83. The van der Waals surface area contributed by atoms with Crippen LogP contribution in [0.15, 0.2) is 34.2 Å². The number of aliphatic imine (C=N–C) groups is 1. The standard InChI is InChI=1S/C21H32N4OS.HI/c1-3-22-21(23-14-16-8-10-19(27-2)11-9-16)24-18-12-13-25(15-18)20(26)17-6-4-5-7-17;/h8-11,17-18H,3-7,12-15H2,1-2H3,(H2,22,23,24);1H. The minimum absolute atomic E-state index is 0. The van der Waals surface area contributed by atoms with E-state index in [-0.39, 0.29) is 35.9 Å². The zero-order chi connectivity index (χ0) is 19.1. The van der Waals surface area contributed by atoms with E-state index in [1.807, 2.05) is 0 Å². The van der Waals surface area contributed by atoms with Crippen molar-refractivity contribution in [2.24, 2.45) is 10.9 Å². The van der Waals surface area contributed by atoms with Crippen molar-refractivity contribution in [3.05, 3.63) is 29.8 Å². The second-order valence-corrected chi connectivity index (χ2v) is 8.32. The average molecular weight is 516 g/mol. The van der Waals surface area contributed by atoms with E-state index in [0.29, 0.717) is 12.5 Å². The topological polar surface area (TPSA) is 56.7 Å². The summed E-state index contributed by atoms with van der Waals surface area (Å²) in [5, 5.41) is 6.86. The first kappa shape index (κ1) is 23.3. The third-order valence-corrected chi connectivity index (χ3v) is 6.21. The molecule has 3 rings (SSSR count). The number of rotatable bonds is 6. The van der Waals surface area contributed by atoms with Crippen LogP contribution in [0.25, 0.3) is 0 Å². The van der Waals surface area contributed by atoms with Crippen molar-refractivity contribution < 1.29 is 4.79 Å². The van der Waals surface area contributed by atoms with Gasteiger partial charge in [-0.2, -0.15) is 0 Å². The van der Waals surface area contributed by atoms with Crippen LogP contribution in [0.2, 0.25) is 0 Å². The van der Waals surface area contributed by atoms with Crippen molar-refractivity contribution in [2.75, 3.05) is 25.9 Å². The summed E-state index contributed by atoms with van der Waals surface area (Å²) in [5.74, 6) is 1.48. The predicted molar refractivity (Wildman–Crippen MR) is 129 cm³/mol. The van der Waals surface area contributed by atoms with Gasteiger partial charge in [-0.25, -0.2) is 4.99 Å². The first-order valence-corrected chi connectivity index (χ1v) is 11.4. The highest BCUT2D eigenvalue weighted by Crippen LogP contribution is 2.27. The Morgan fingerprint density at radius 1 is 1.21 bits per heavy atom. The second-order valence-electron chi connectivity index (χ2n) is 7.44. The molecule has 1 aliphatic carbocycles. The van der Waals surface area contributed by atoms with Crippen LogP contribution >= 0.6 is 35.7 Å². The van der Waals surface area contributed by atoms with E-state index < -0.39 is 0 Å². The fourth-order valence-electron chi connectivity index (χ4n) is 3.92. The number of thioether (sulfide) groups is 1. The van der Waals surface area contributed by atoms with Gasteiger partial charge in [0.05, 0.1) is 6.54 Å². The lowest BCUT2D eigenvalue weighted by Crippen LogP contribution is -2.45. The largest absolute Gasteiger partial charge is 0.357 e. The Labute approximate surface area is 190 Å². The summed E-state index contributed by atoms with van der Waals surface area (Å²) in [5.41, 5.74) is 1.20. The molecule has 0 aromatic heterocycles. The van der Waals surface area contributed by atoms with Crippen LogP contribution in [0.5, 0.6) is 0 Å². The average Bonchev–Trinajstić information content (AvgIpc) is 3.38. The van der Waals surface area contributed by atoms with Crippen LogP contribution in [0.3, 0.4) is 0 Å². The molecule has 1 unspecified atom stereocenters. The maximum atomic E-state index is 12.6. The fraction of sp³-hybridized carbons (Fsp3) is 0.619. The number of amides is 1. The highest BCUT2D eigenvalue weighted by Gasteiger charge is 2.32. The van der Waals surface area contributed by atoms with Gasteiger partial charge in [0.15, 0.2) is 5.96 Å². The highest BCUT2D eigenvalue weighted by atomic mass is 127. The Morgan fingerprint density at radius 2 is 1.93 bits per heavy atom. The Hall–Kier alpha value is -0.960. The van der Waals surface area contributed by atoms with Crippen molar-refractivity contribution in [1.82, 2.24) is 15.5 Å².